The first-order valence-corrected chi connectivity index (χ1v) is 10.2. The van der Waals surface area contributed by atoms with E-state index in [2.05, 4.69) is 4.72 Å². The standard InChI is InChI=1S/C19H23ClN2O3S/c1-15-4-3-5-19(14-15)26(24,25)21-11-13-22(16(2)23)12-10-17-6-8-18(20)9-7-17/h3-9,14,21H,10-13H2,1-2H3. The first-order chi connectivity index (χ1) is 12.3. The maximum atomic E-state index is 12.3. The lowest BCUT2D eigenvalue weighted by Gasteiger charge is -2.21. The third-order valence-electron chi connectivity index (χ3n) is 4.00. The lowest BCUT2D eigenvalue weighted by atomic mass is 10.1. The molecule has 0 aromatic heterocycles. The smallest absolute Gasteiger partial charge is 0.240 e. The summed E-state index contributed by atoms with van der Waals surface area (Å²) >= 11 is 5.87. The van der Waals surface area contributed by atoms with Gasteiger partial charge in [-0.25, -0.2) is 13.1 Å². The normalized spacial score (nSPS) is 11.3. The van der Waals surface area contributed by atoms with Crippen molar-refractivity contribution < 1.29 is 13.2 Å². The van der Waals surface area contributed by atoms with E-state index in [0.717, 1.165) is 11.1 Å². The Bertz CT molecular complexity index is 851. The van der Waals surface area contributed by atoms with Gasteiger partial charge in [0.15, 0.2) is 0 Å². The molecule has 7 heteroatoms. The van der Waals surface area contributed by atoms with Crippen molar-refractivity contribution >= 4 is 27.5 Å². The van der Waals surface area contributed by atoms with Crippen LogP contribution in [0, 0.1) is 6.92 Å². The van der Waals surface area contributed by atoms with Crippen LogP contribution in [0.25, 0.3) is 0 Å². The van der Waals surface area contributed by atoms with Crippen molar-refractivity contribution in [3.05, 3.63) is 64.7 Å². The number of rotatable bonds is 8. The number of nitrogens with one attached hydrogen (secondary N) is 1. The fraction of sp³-hybridized carbons (Fsp3) is 0.316. The zero-order valence-corrected chi connectivity index (χ0v) is 16.5. The molecule has 2 aromatic rings. The Morgan fingerprint density at radius 3 is 2.42 bits per heavy atom. The highest BCUT2D eigenvalue weighted by Gasteiger charge is 2.15. The van der Waals surface area contributed by atoms with Gasteiger partial charge in [0.25, 0.3) is 0 Å². The van der Waals surface area contributed by atoms with Crippen LogP contribution in [0.1, 0.15) is 18.1 Å². The quantitative estimate of drug-likeness (QED) is 0.748. The Morgan fingerprint density at radius 1 is 1.12 bits per heavy atom. The van der Waals surface area contributed by atoms with Crippen LogP contribution in [-0.4, -0.2) is 38.9 Å². The van der Waals surface area contributed by atoms with Gasteiger partial charge in [0.1, 0.15) is 0 Å². The average molecular weight is 395 g/mol. The summed E-state index contributed by atoms with van der Waals surface area (Å²) in [4.78, 5) is 13.7. The predicted octanol–water partition coefficient (Wildman–Crippen LogP) is 3.02. The molecular weight excluding hydrogens is 372 g/mol. The van der Waals surface area contributed by atoms with E-state index in [9.17, 15) is 13.2 Å². The largest absolute Gasteiger partial charge is 0.341 e. The van der Waals surface area contributed by atoms with Gasteiger partial charge in [-0.1, -0.05) is 35.9 Å². The van der Waals surface area contributed by atoms with Crippen molar-refractivity contribution in [3.63, 3.8) is 0 Å². The third kappa shape index (κ3) is 6.12. The molecular formula is C19H23ClN2O3S. The second-order valence-electron chi connectivity index (χ2n) is 6.10. The maximum Gasteiger partial charge on any atom is 0.240 e. The molecule has 0 aliphatic rings. The van der Waals surface area contributed by atoms with Gasteiger partial charge in [-0.2, -0.15) is 0 Å². The van der Waals surface area contributed by atoms with E-state index >= 15 is 0 Å². The highest BCUT2D eigenvalue weighted by Crippen LogP contribution is 2.11. The predicted molar refractivity (Wildman–Crippen MR) is 104 cm³/mol. The van der Waals surface area contributed by atoms with Crippen molar-refractivity contribution in [1.82, 2.24) is 9.62 Å². The molecule has 0 bridgehead atoms. The molecule has 0 fully saturated rings. The van der Waals surface area contributed by atoms with Crippen LogP contribution in [0.3, 0.4) is 0 Å². The number of carbonyl (C=O) groups excluding carboxylic acids is 1. The molecule has 1 N–H and O–H groups in total. The highest BCUT2D eigenvalue weighted by atomic mass is 35.5. The van der Waals surface area contributed by atoms with Crippen LogP contribution in [0.2, 0.25) is 5.02 Å². The lowest BCUT2D eigenvalue weighted by molar-refractivity contribution is -0.128. The second kappa shape index (κ2) is 9.16. The van der Waals surface area contributed by atoms with Crippen LogP contribution >= 0.6 is 11.6 Å². The Morgan fingerprint density at radius 2 is 1.81 bits per heavy atom. The molecule has 0 saturated heterocycles. The molecule has 2 aromatic carbocycles. The second-order valence-corrected chi connectivity index (χ2v) is 8.30. The number of hydrogen-bond acceptors (Lipinski definition) is 3. The minimum atomic E-state index is -3.58. The van der Waals surface area contributed by atoms with Gasteiger partial charge in [-0.3, -0.25) is 4.79 Å². The van der Waals surface area contributed by atoms with E-state index in [-0.39, 0.29) is 17.3 Å². The van der Waals surface area contributed by atoms with Crippen molar-refractivity contribution in [2.45, 2.75) is 25.2 Å². The lowest BCUT2D eigenvalue weighted by Crippen LogP contribution is -2.38. The van der Waals surface area contributed by atoms with E-state index in [4.69, 9.17) is 11.6 Å². The summed E-state index contributed by atoms with van der Waals surface area (Å²) in [7, 11) is -3.58. The van der Waals surface area contributed by atoms with Gasteiger partial charge in [0.05, 0.1) is 4.90 Å². The highest BCUT2D eigenvalue weighted by molar-refractivity contribution is 7.89. The van der Waals surface area contributed by atoms with Gasteiger partial charge in [0.2, 0.25) is 15.9 Å². The van der Waals surface area contributed by atoms with E-state index < -0.39 is 10.0 Å². The first-order valence-electron chi connectivity index (χ1n) is 8.34. The molecule has 1 amide bonds. The summed E-state index contributed by atoms with van der Waals surface area (Å²) < 4.78 is 27.2. The minimum absolute atomic E-state index is 0.0892. The fourth-order valence-electron chi connectivity index (χ4n) is 2.52. The summed E-state index contributed by atoms with van der Waals surface area (Å²) in [5.41, 5.74) is 1.95. The van der Waals surface area contributed by atoms with Crippen LogP contribution in [0.5, 0.6) is 0 Å². The molecule has 140 valence electrons. The Labute approximate surface area is 160 Å². The van der Waals surface area contributed by atoms with Crippen LogP contribution in [-0.2, 0) is 21.2 Å². The van der Waals surface area contributed by atoms with E-state index in [1.807, 2.05) is 37.3 Å². The molecule has 0 saturated carbocycles. The number of benzene rings is 2. The molecule has 26 heavy (non-hydrogen) atoms. The maximum absolute atomic E-state index is 12.3. The number of carbonyl (C=O) groups is 1. The van der Waals surface area contributed by atoms with E-state index in [1.54, 1.807) is 23.1 Å². The van der Waals surface area contributed by atoms with Gasteiger partial charge < -0.3 is 4.90 Å². The van der Waals surface area contributed by atoms with Gasteiger partial charge in [0, 0.05) is 31.6 Å². The van der Waals surface area contributed by atoms with E-state index in [1.165, 1.54) is 6.92 Å². The third-order valence-corrected chi connectivity index (χ3v) is 5.71. The summed E-state index contributed by atoms with van der Waals surface area (Å²) in [6.07, 6.45) is 0.682. The molecule has 0 aliphatic carbocycles. The molecule has 2 rings (SSSR count). The number of amides is 1. The van der Waals surface area contributed by atoms with Crippen molar-refractivity contribution in [2.75, 3.05) is 19.6 Å². The summed E-state index contributed by atoms with van der Waals surface area (Å²) in [5, 5.41) is 0.669. The number of aryl methyl sites for hydroxylation is 1. The molecule has 0 unspecified atom stereocenters. The first kappa shape index (κ1) is 20.4. The van der Waals surface area contributed by atoms with Crippen molar-refractivity contribution in [2.24, 2.45) is 0 Å². The number of halogens is 1. The summed E-state index contributed by atoms with van der Waals surface area (Å²) in [6, 6.07) is 14.2. The fourth-order valence-corrected chi connectivity index (χ4v) is 3.77. The van der Waals surface area contributed by atoms with Crippen molar-refractivity contribution in [3.8, 4) is 0 Å². The van der Waals surface area contributed by atoms with Gasteiger partial charge in [-0.05, 0) is 48.7 Å². The zero-order chi connectivity index (χ0) is 19.2. The van der Waals surface area contributed by atoms with E-state index in [0.29, 0.717) is 24.5 Å². The van der Waals surface area contributed by atoms with Gasteiger partial charge >= 0.3 is 0 Å². The minimum Gasteiger partial charge on any atom is -0.341 e. The molecule has 0 aliphatic heterocycles. The van der Waals surface area contributed by atoms with Crippen LogP contribution in [0.4, 0.5) is 0 Å². The molecule has 0 atom stereocenters. The average Bonchev–Trinajstić information content (AvgIpc) is 2.59. The molecule has 0 heterocycles. The molecule has 5 nitrogen and oxygen atoms in total. The number of hydrogen-bond donors (Lipinski definition) is 1. The van der Waals surface area contributed by atoms with Crippen LogP contribution < -0.4 is 4.72 Å². The monoisotopic (exact) mass is 394 g/mol. The van der Waals surface area contributed by atoms with Crippen LogP contribution in [0.15, 0.2) is 53.4 Å². The molecule has 0 spiro atoms. The number of nitrogens with zero attached hydrogens (tertiary/aromatic N) is 1. The SMILES string of the molecule is CC(=O)N(CCNS(=O)(=O)c1cccc(C)c1)CCc1ccc(Cl)cc1. The topological polar surface area (TPSA) is 66.5 Å². The Hall–Kier alpha value is -1.89. The Balaban J connectivity index is 1.90. The summed E-state index contributed by atoms with van der Waals surface area (Å²) in [6.45, 7) is 4.32. The Kier molecular flexibility index (Phi) is 7.20. The van der Waals surface area contributed by atoms with Crippen molar-refractivity contribution in [1.29, 1.82) is 0 Å². The summed E-state index contributed by atoms with van der Waals surface area (Å²) in [5.74, 6) is -0.0892. The molecule has 0 radical (unpaired) electrons. The number of sulfonamides is 1. The zero-order valence-electron chi connectivity index (χ0n) is 14.9. The van der Waals surface area contributed by atoms with Gasteiger partial charge in [-0.15, -0.1) is 0 Å².